The molecule has 1 N–H and O–H groups in total. The van der Waals surface area contributed by atoms with Crippen LogP contribution in [-0.4, -0.2) is 42.1 Å². The second-order valence-corrected chi connectivity index (χ2v) is 8.59. The molecule has 1 aromatic heterocycles. The molecule has 3 aromatic rings. The van der Waals surface area contributed by atoms with E-state index in [1.807, 2.05) is 6.07 Å². The second-order valence-electron chi connectivity index (χ2n) is 8.59. The minimum Gasteiger partial charge on any atom is -0.372 e. The molecule has 1 aliphatic heterocycles. The fourth-order valence-electron chi connectivity index (χ4n) is 4.44. The number of carbonyl (C=O) groups is 1. The maximum absolute atomic E-state index is 13.6. The SMILES string of the molecule is CCN(CC)c1ccc(CNC(=O)[C@H]2CCCN(c3ccnc(-c4cccc(F)c4)n3)C2)cc1. The summed E-state index contributed by atoms with van der Waals surface area (Å²) in [5, 5.41) is 3.11. The predicted molar refractivity (Wildman–Crippen MR) is 134 cm³/mol. The van der Waals surface area contributed by atoms with Crippen molar-refractivity contribution in [3.8, 4) is 11.4 Å². The van der Waals surface area contributed by atoms with Crippen molar-refractivity contribution in [2.75, 3.05) is 36.0 Å². The van der Waals surface area contributed by atoms with Crippen LogP contribution in [0.4, 0.5) is 15.9 Å². The standard InChI is InChI=1S/C27H32FN5O/c1-3-32(4-2)24-12-10-20(11-13-24)18-30-27(34)22-8-6-16-33(19-22)25-14-15-29-26(31-25)21-7-5-9-23(28)17-21/h5,7,9-15,17,22H,3-4,6,8,16,18-19H2,1-2H3,(H,30,34)/t22-/m0/s1. The molecule has 4 rings (SSSR count). The van der Waals surface area contributed by atoms with E-state index >= 15 is 0 Å². The van der Waals surface area contributed by atoms with Gasteiger partial charge in [-0.05, 0) is 62.6 Å². The van der Waals surface area contributed by atoms with Crippen molar-refractivity contribution in [2.24, 2.45) is 5.92 Å². The number of carbonyl (C=O) groups excluding carboxylic acids is 1. The number of hydrogen-bond donors (Lipinski definition) is 1. The first-order valence-corrected chi connectivity index (χ1v) is 12.0. The maximum Gasteiger partial charge on any atom is 0.225 e. The van der Waals surface area contributed by atoms with Crippen LogP contribution in [0, 0.1) is 11.7 Å². The molecule has 7 heteroatoms. The van der Waals surface area contributed by atoms with Crippen LogP contribution in [0.1, 0.15) is 32.3 Å². The quantitative estimate of drug-likeness (QED) is 0.529. The van der Waals surface area contributed by atoms with E-state index < -0.39 is 0 Å². The van der Waals surface area contributed by atoms with Gasteiger partial charge in [-0.2, -0.15) is 0 Å². The minimum absolute atomic E-state index is 0.0666. The molecule has 0 radical (unpaired) electrons. The van der Waals surface area contributed by atoms with Crippen molar-refractivity contribution in [1.29, 1.82) is 0 Å². The molecule has 1 amide bonds. The van der Waals surface area contributed by atoms with E-state index in [0.29, 0.717) is 24.5 Å². The Labute approximate surface area is 200 Å². The summed E-state index contributed by atoms with van der Waals surface area (Å²) in [6, 6.07) is 16.5. The van der Waals surface area contributed by atoms with Gasteiger partial charge in [0.25, 0.3) is 0 Å². The number of piperidine rings is 1. The van der Waals surface area contributed by atoms with Gasteiger partial charge in [-0.3, -0.25) is 4.79 Å². The molecular weight excluding hydrogens is 429 g/mol. The van der Waals surface area contributed by atoms with E-state index in [1.165, 1.54) is 17.8 Å². The van der Waals surface area contributed by atoms with Crippen LogP contribution in [-0.2, 0) is 11.3 Å². The maximum atomic E-state index is 13.6. The Kier molecular flexibility index (Phi) is 7.72. The highest BCUT2D eigenvalue weighted by atomic mass is 19.1. The molecule has 1 aliphatic rings. The molecule has 2 aromatic carbocycles. The van der Waals surface area contributed by atoms with Crippen LogP contribution in [0.15, 0.2) is 60.8 Å². The Morgan fingerprint density at radius 1 is 1.15 bits per heavy atom. The third-order valence-electron chi connectivity index (χ3n) is 6.37. The normalized spacial score (nSPS) is 15.7. The van der Waals surface area contributed by atoms with Gasteiger partial charge in [0.1, 0.15) is 11.6 Å². The Morgan fingerprint density at radius 2 is 1.94 bits per heavy atom. The lowest BCUT2D eigenvalue weighted by Gasteiger charge is -2.33. The van der Waals surface area contributed by atoms with Crippen molar-refractivity contribution in [1.82, 2.24) is 15.3 Å². The minimum atomic E-state index is -0.316. The number of nitrogens with one attached hydrogen (secondary N) is 1. The Bertz CT molecular complexity index is 1100. The summed E-state index contributed by atoms with van der Waals surface area (Å²) in [5.41, 5.74) is 2.93. The molecule has 0 unspecified atom stereocenters. The number of amides is 1. The van der Waals surface area contributed by atoms with Crippen molar-refractivity contribution in [3.63, 3.8) is 0 Å². The second kappa shape index (κ2) is 11.1. The fraction of sp³-hybridized carbons (Fsp3) is 0.370. The zero-order chi connectivity index (χ0) is 23.9. The highest BCUT2D eigenvalue weighted by Crippen LogP contribution is 2.24. The van der Waals surface area contributed by atoms with E-state index in [1.54, 1.807) is 18.3 Å². The third kappa shape index (κ3) is 5.71. The molecule has 0 spiro atoms. The molecule has 1 atom stereocenters. The smallest absolute Gasteiger partial charge is 0.225 e. The number of aromatic nitrogens is 2. The largest absolute Gasteiger partial charge is 0.372 e. The topological polar surface area (TPSA) is 61.4 Å². The first-order chi connectivity index (χ1) is 16.6. The first kappa shape index (κ1) is 23.7. The predicted octanol–water partition coefficient (Wildman–Crippen LogP) is 4.66. The number of hydrogen-bond acceptors (Lipinski definition) is 5. The summed E-state index contributed by atoms with van der Waals surface area (Å²) in [6.45, 7) is 8.19. The van der Waals surface area contributed by atoms with Gasteiger partial charge in [0.2, 0.25) is 5.91 Å². The lowest BCUT2D eigenvalue weighted by molar-refractivity contribution is -0.125. The van der Waals surface area contributed by atoms with E-state index in [2.05, 4.69) is 63.2 Å². The Balaban J connectivity index is 1.36. The zero-order valence-electron chi connectivity index (χ0n) is 19.9. The van der Waals surface area contributed by atoms with Gasteiger partial charge in [0, 0.05) is 50.2 Å². The number of rotatable bonds is 8. The molecule has 0 bridgehead atoms. The van der Waals surface area contributed by atoms with Crippen molar-refractivity contribution in [2.45, 2.75) is 33.2 Å². The molecule has 0 saturated carbocycles. The number of anilines is 2. The van der Waals surface area contributed by atoms with E-state index in [4.69, 9.17) is 0 Å². The average Bonchev–Trinajstić information content (AvgIpc) is 2.89. The molecule has 0 aliphatic carbocycles. The highest BCUT2D eigenvalue weighted by Gasteiger charge is 2.26. The van der Waals surface area contributed by atoms with Crippen LogP contribution < -0.4 is 15.1 Å². The Morgan fingerprint density at radius 3 is 2.68 bits per heavy atom. The Hall–Kier alpha value is -3.48. The van der Waals surface area contributed by atoms with E-state index in [9.17, 15) is 9.18 Å². The molecule has 2 heterocycles. The van der Waals surface area contributed by atoms with E-state index in [-0.39, 0.29) is 17.6 Å². The fourth-order valence-corrected chi connectivity index (χ4v) is 4.44. The average molecular weight is 462 g/mol. The van der Waals surface area contributed by atoms with Crippen molar-refractivity contribution in [3.05, 3.63) is 72.2 Å². The molecule has 178 valence electrons. The van der Waals surface area contributed by atoms with E-state index in [0.717, 1.165) is 43.9 Å². The summed E-state index contributed by atoms with van der Waals surface area (Å²) in [5.74, 6) is 0.896. The third-order valence-corrected chi connectivity index (χ3v) is 6.37. The molecule has 1 saturated heterocycles. The van der Waals surface area contributed by atoms with Crippen LogP contribution in [0.25, 0.3) is 11.4 Å². The van der Waals surface area contributed by atoms with Gasteiger partial charge in [-0.25, -0.2) is 14.4 Å². The van der Waals surface area contributed by atoms with Gasteiger partial charge < -0.3 is 15.1 Å². The highest BCUT2D eigenvalue weighted by molar-refractivity contribution is 5.79. The van der Waals surface area contributed by atoms with Crippen LogP contribution >= 0.6 is 0 Å². The molecule has 6 nitrogen and oxygen atoms in total. The number of nitrogens with zero attached hydrogens (tertiary/aromatic N) is 4. The number of benzene rings is 2. The van der Waals surface area contributed by atoms with Crippen LogP contribution in [0.3, 0.4) is 0 Å². The van der Waals surface area contributed by atoms with Gasteiger partial charge in [-0.1, -0.05) is 24.3 Å². The summed E-state index contributed by atoms with van der Waals surface area (Å²) in [6.07, 6.45) is 3.45. The van der Waals surface area contributed by atoms with Gasteiger partial charge >= 0.3 is 0 Å². The summed E-state index contributed by atoms with van der Waals surface area (Å²) >= 11 is 0. The lowest BCUT2D eigenvalue weighted by atomic mass is 9.97. The van der Waals surface area contributed by atoms with Gasteiger partial charge in [-0.15, -0.1) is 0 Å². The van der Waals surface area contributed by atoms with Crippen molar-refractivity contribution < 1.29 is 9.18 Å². The molecule has 34 heavy (non-hydrogen) atoms. The molecular formula is C27H32FN5O. The number of halogens is 1. The summed E-state index contributed by atoms with van der Waals surface area (Å²) in [7, 11) is 0. The monoisotopic (exact) mass is 461 g/mol. The summed E-state index contributed by atoms with van der Waals surface area (Å²) < 4.78 is 13.6. The molecule has 1 fully saturated rings. The van der Waals surface area contributed by atoms with Gasteiger partial charge in [0.15, 0.2) is 5.82 Å². The lowest BCUT2D eigenvalue weighted by Crippen LogP contribution is -2.43. The zero-order valence-corrected chi connectivity index (χ0v) is 19.9. The van der Waals surface area contributed by atoms with Crippen LogP contribution in [0.2, 0.25) is 0 Å². The first-order valence-electron chi connectivity index (χ1n) is 12.0. The van der Waals surface area contributed by atoms with Crippen molar-refractivity contribution >= 4 is 17.4 Å². The summed E-state index contributed by atoms with van der Waals surface area (Å²) in [4.78, 5) is 26.3. The van der Waals surface area contributed by atoms with Gasteiger partial charge in [0.05, 0.1) is 5.92 Å². The van der Waals surface area contributed by atoms with Crippen LogP contribution in [0.5, 0.6) is 0 Å².